The third-order valence-corrected chi connectivity index (χ3v) is 4.02. The standard InChI is InChI=1S/C17H26O9/c1-9-16(25-11(3)19)17(26-12(4)20)13(8-23-10(2)18)14(24-9)6-7-15(21)22-5/h9,13-14,16-17H,6-8H2,1-5H3/t9-,13-,14-,16-,17-/m0/s1. The molecule has 0 bridgehead atoms. The highest BCUT2D eigenvalue weighted by atomic mass is 16.6. The normalized spacial score (nSPS) is 28.0. The summed E-state index contributed by atoms with van der Waals surface area (Å²) in [6.45, 7) is 5.29. The van der Waals surface area contributed by atoms with E-state index in [1.807, 2.05) is 0 Å². The number of ether oxygens (including phenoxy) is 5. The van der Waals surface area contributed by atoms with Gasteiger partial charge >= 0.3 is 23.9 Å². The van der Waals surface area contributed by atoms with Crippen molar-refractivity contribution in [2.75, 3.05) is 13.7 Å². The number of carbonyl (C=O) groups is 4. The first-order valence-corrected chi connectivity index (χ1v) is 8.35. The van der Waals surface area contributed by atoms with Crippen LogP contribution in [0.5, 0.6) is 0 Å². The van der Waals surface area contributed by atoms with Gasteiger partial charge in [0, 0.05) is 27.2 Å². The van der Waals surface area contributed by atoms with Gasteiger partial charge in [-0.1, -0.05) is 0 Å². The predicted molar refractivity (Wildman–Crippen MR) is 86.8 cm³/mol. The first-order chi connectivity index (χ1) is 12.1. The van der Waals surface area contributed by atoms with Gasteiger partial charge in [0.1, 0.15) is 12.7 Å². The fourth-order valence-corrected chi connectivity index (χ4v) is 2.94. The number of methoxy groups -OCH3 is 1. The fraction of sp³-hybridized carbons (Fsp3) is 0.765. The lowest BCUT2D eigenvalue weighted by molar-refractivity contribution is -0.229. The Hall–Kier alpha value is -2.16. The van der Waals surface area contributed by atoms with E-state index < -0.39 is 54.2 Å². The Morgan fingerprint density at radius 3 is 2.00 bits per heavy atom. The van der Waals surface area contributed by atoms with Crippen molar-refractivity contribution in [1.82, 2.24) is 0 Å². The first kappa shape index (κ1) is 21.9. The van der Waals surface area contributed by atoms with Gasteiger partial charge in [-0.25, -0.2) is 0 Å². The first-order valence-electron chi connectivity index (χ1n) is 8.35. The second kappa shape index (κ2) is 10.1. The van der Waals surface area contributed by atoms with Crippen LogP contribution in [-0.4, -0.2) is 62.0 Å². The molecule has 0 aromatic rings. The van der Waals surface area contributed by atoms with Crippen molar-refractivity contribution >= 4 is 23.9 Å². The average Bonchev–Trinajstić information content (AvgIpc) is 2.54. The second-order valence-electron chi connectivity index (χ2n) is 6.11. The summed E-state index contributed by atoms with van der Waals surface area (Å²) in [5, 5.41) is 0. The van der Waals surface area contributed by atoms with E-state index in [1.165, 1.54) is 27.9 Å². The van der Waals surface area contributed by atoms with E-state index in [0.717, 1.165) is 0 Å². The zero-order valence-corrected chi connectivity index (χ0v) is 15.7. The van der Waals surface area contributed by atoms with Gasteiger partial charge in [-0.05, 0) is 13.3 Å². The molecule has 0 unspecified atom stereocenters. The lowest BCUT2D eigenvalue weighted by Gasteiger charge is -2.44. The van der Waals surface area contributed by atoms with Gasteiger partial charge in [0.2, 0.25) is 0 Å². The van der Waals surface area contributed by atoms with Crippen LogP contribution in [0.3, 0.4) is 0 Å². The van der Waals surface area contributed by atoms with Crippen LogP contribution in [0.4, 0.5) is 0 Å². The van der Waals surface area contributed by atoms with Crippen molar-refractivity contribution in [3.63, 3.8) is 0 Å². The van der Waals surface area contributed by atoms with E-state index in [0.29, 0.717) is 0 Å². The van der Waals surface area contributed by atoms with Crippen molar-refractivity contribution in [3.8, 4) is 0 Å². The minimum absolute atomic E-state index is 0.0789. The van der Waals surface area contributed by atoms with Gasteiger partial charge in [-0.3, -0.25) is 19.2 Å². The Bertz CT molecular complexity index is 530. The summed E-state index contributed by atoms with van der Waals surface area (Å²) in [5.74, 6) is -2.66. The number of esters is 4. The molecular formula is C17H26O9. The Morgan fingerprint density at radius 2 is 1.50 bits per heavy atom. The Kier molecular flexibility index (Phi) is 8.50. The fourth-order valence-electron chi connectivity index (χ4n) is 2.94. The summed E-state index contributed by atoms with van der Waals surface area (Å²) < 4.78 is 26.2. The van der Waals surface area contributed by atoms with Crippen LogP contribution in [0, 0.1) is 5.92 Å². The molecule has 1 fully saturated rings. The van der Waals surface area contributed by atoms with Crippen molar-refractivity contribution < 1.29 is 42.9 Å². The van der Waals surface area contributed by atoms with Gasteiger partial charge in [0.05, 0.1) is 25.2 Å². The van der Waals surface area contributed by atoms with Crippen LogP contribution in [0.1, 0.15) is 40.5 Å². The third kappa shape index (κ3) is 6.62. The molecule has 0 N–H and O–H groups in total. The maximum Gasteiger partial charge on any atom is 0.305 e. The van der Waals surface area contributed by atoms with E-state index in [1.54, 1.807) is 6.92 Å². The number of hydrogen-bond acceptors (Lipinski definition) is 9. The maximum atomic E-state index is 11.6. The summed E-state index contributed by atoms with van der Waals surface area (Å²) in [4.78, 5) is 45.7. The van der Waals surface area contributed by atoms with Crippen molar-refractivity contribution in [1.29, 1.82) is 0 Å². The van der Waals surface area contributed by atoms with E-state index in [9.17, 15) is 19.2 Å². The van der Waals surface area contributed by atoms with Gasteiger partial charge < -0.3 is 23.7 Å². The summed E-state index contributed by atoms with van der Waals surface area (Å²) in [6.07, 6.45) is -2.52. The Balaban J connectivity index is 3.08. The van der Waals surface area contributed by atoms with Crippen LogP contribution < -0.4 is 0 Å². The SMILES string of the molecule is COC(=O)CC[C@@H]1O[C@@H](C)[C@H](OC(C)=O)[C@@H](OC(C)=O)[C@H]1COC(C)=O. The average molecular weight is 374 g/mol. The van der Waals surface area contributed by atoms with Crippen LogP contribution in [0.25, 0.3) is 0 Å². The molecule has 0 amide bonds. The number of hydrogen-bond donors (Lipinski definition) is 0. The van der Waals surface area contributed by atoms with Gasteiger partial charge in [0.15, 0.2) is 6.10 Å². The summed E-state index contributed by atoms with van der Waals surface area (Å²) >= 11 is 0. The van der Waals surface area contributed by atoms with E-state index in [-0.39, 0.29) is 19.4 Å². The molecule has 5 atom stereocenters. The molecule has 0 aromatic heterocycles. The largest absolute Gasteiger partial charge is 0.469 e. The number of rotatable bonds is 7. The smallest absolute Gasteiger partial charge is 0.305 e. The number of carbonyl (C=O) groups excluding carboxylic acids is 4. The highest BCUT2D eigenvalue weighted by Gasteiger charge is 2.48. The van der Waals surface area contributed by atoms with Gasteiger partial charge in [0.25, 0.3) is 0 Å². The molecular weight excluding hydrogens is 348 g/mol. The van der Waals surface area contributed by atoms with Crippen LogP contribution in [-0.2, 0) is 42.9 Å². The molecule has 1 heterocycles. The zero-order valence-electron chi connectivity index (χ0n) is 15.7. The van der Waals surface area contributed by atoms with E-state index >= 15 is 0 Å². The molecule has 0 aliphatic carbocycles. The molecule has 0 radical (unpaired) electrons. The molecule has 26 heavy (non-hydrogen) atoms. The second-order valence-corrected chi connectivity index (χ2v) is 6.11. The molecule has 9 heteroatoms. The molecule has 148 valence electrons. The maximum absolute atomic E-state index is 11.6. The molecule has 1 aliphatic heterocycles. The molecule has 9 nitrogen and oxygen atoms in total. The van der Waals surface area contributed by atoms with Crippen LogP contribution in [0.2, 0.25) is 0 Å². The molecule has 1 aliphatic rings. The van der Waals surface area contributed by atoms with Crippen molar-refractivity contribution in [2.45, 2.75) is 65.0 Å². The third-order valence-electron chi connectivity index (χ3n) is 4.02. The van der Waals surface area contributed by atoms with Crippen LogP contribution >= 0.6 is 0 Å². The molecule has 1 rings (SSSR count). The van der Waals surface area contributed by atoms with Crippen molar-refractivity contribution in [3.05, 3.63) is 0 Å². The summed E-state index contributed by atoms with van der Waals surface area (Å²) in [7, 11) is 1.28. The van der Waals surface area contributed by atoms with Gasteiger partial charge in [-0.2, -0.15) is 0 Å². The van der Waals surface area contributed by atoms with E-state index in [4.69, 9.17) is 18.9 Å². The van der Waals surface area contributed by atoms with Gasteiger partial charge in [-0.15, -0.1) is 0 Å². The molecule has 0 saturated carbocycles. The highest BCUT2D eigenvalue weighted by molar-refractivity contribution is 5.69. The highest BCUT2D eigenvalue weighted by Crippen LogP contribution is 2.33. The van der Waals surface area contributed by atoms with E-state index in [2.05, 4.69) is 4.74 Å². The lowest BCUT2D eigenvalue weighted by Crippen LogP contribution is -2.57. The minimum atomic E-state index is -0.873. The van der Waals surface area contributed by atoms with Crippen molar-refractivity contribution in [2.24, 2.45) is 5.92 Å². The molecule has 0 aromatic carbocycles. The molecule has 0 spiro atoms. The minimum Gasteiger partial charge on any atom is -0.469 e. The molecule has 1 saturated heterocycles. The van der Waals surface area contributed by atoms with Crippen LogP contribution in [0.15, 0.2) is 0 Å². The summed E-state index contributed by atoms with van der Waals surface area (Å²) in [6, 6.07) is 0. The zero-order chi connectivity index (χ0) is 19.9. The lowest BCUT2D eigenvalue weighted by atomic mass is 9.85. The Labute approximate surface area is 152 Å². The monoisotopic (exact) mass is 374 g/mol. The summed E-state index contributed by atoms with van der Waals surface area (Å²) in [5.41, 5.74) is 0. The topological polar surface area (TPSA) is 114 Å². The quantitative estimate of drug-likeness (QED) is 0.471. The Morgan fingerprint density at radius 1 is 0.923 bits per heavy atom. The predicted octanol–water partition coefficient (Wildman–Crippen LogP) is 0.770.